The van der Waals surface area contributed by atoms with Gasteiger partial charge in [-0.3, -0.25) is 0 Å². The van der Waals surface area contributed by atoms with Gasteiger partial charge < -0.3 is 15.2 Å². The van der Waals surface area contributed by atoms with Crippen molar-refractivity contribution in [2.24, 2.45) is 5.92 Å². The van der Waals surface area contributed by atoms with Crippen LogP contribution in [0.1, 0.15) is 12.0 Å². The molecule has 3 nitrogen and oxygen atoms in total. The molecule has 0 bridgehead atoms. The van der Waals surface area contributed by atoms with E-state index in [9.17, 15) is 5.11 Å². The molecular weight excluding hydrogens is 202 g/mol. The Kier molecular flexibility index (Phi) is 3.80. The van der Waals surface area contributed by atoms with Crippen molar-refractivity contribution in [3.8, 4) is 0 Å². The van der Waals surface area contributed by atoms with Crippen molar-refractivity contribution < 1.29 is 9.84 Å². The van der Waals surface area contributed by atoms with Crippen LogP contribution < -0.4 is 5.32 Å². The Bertz CT molecular complexity index is 334. The standard InChI is InChI=1S/C13H19NO2/c1-10-3-2-4-12(7-10)14-13(8-15)11-5-6-16-9-11/h2-4,7,11,13-15H,5-6,8-9H2,1H3. The molecule has 1 aromatic rings. The quantitative estimate of drug-likeness (QED) is 0.814. The molecule has 1 heterocycles. The van der Waals surface area contributed by atoms with E-state index in [1.807, 2.05) is 12.1 Å². The van der Waals surface area contributed by atoms with Crippen LogP contribution in [-0.4, -0.2) is 31.0 Å². The highest BCUT2D eigenvalue weighted by molar-refractivity contribution is 5.46. The van der Waals surface area contributed by atoms with Gasteiger partial charge in [0.15, 0.2) is 0 Å². The van der Waals surface area contributed by atoms with Crippen molar-refractivity contribution in [3.63, 3.8) is 0 Å². The van der Waals surface area contributed by atoms with E-state index >= 15 is 0 Å². The molecule has 2 unspecified atom stereocenters. The lowest BCUT2D eigenvalue weighted by Crippen LogP contribution is -2.33. The van der Waals surface area contributed by atoms with E-state index in [-0.39, 0.29) is 12.6 Å². The predicted molar refractivity (Wildman–Crippen MR) is 64.6 cm³/mol. The number of benzene rings is 1. The first-order chi connectivity index (χ1) is 7.79. The lowest BCUT2D eigenvalue weighted by Gasteiger charge is -2.22. The average molecular weight is 221 g/mol. The van der Waals surface area contributed by atoms with Gasteiger partial charge in [-0.15, -0.1) is 0 Å². The van der Waals surface area contributed by atoms with Gasteiger partial charge in [0, 0.05) is 18.2 Å². The molecule has 2 atom stereocenters. The van der Waals surface area contributed by atoms with Gasteiger partial charge in [-0.2, -0.15) is 0 Å². The van der Waals surface area contributed by atoms with Crippen molar-refractivity contribution in [1.29, 1.82) is 0 Å². The van der Waals surface area contributed by atoms with Crippen LogP contribution in [0, 0.1) is 12.8 Å². The summed E-state index contributed by atoms with van der Waals surface area (Å²) in [7, 11) is 0. The third-order valence-corrected chi connectivity index (χ3v) is 3.10. The first kappa shape index (κ1) is 11.4. The number of hydrogen-bond acceptors (Lipinski definition) is 3. The van der Waals surface area contributed by atoms with Crippen molar-refractivity contribution in [3.05, 3.63) is 29.8 Å². The minimum Gasteiger partial charge on any atom is -0.394 e. The Morgan fingerprint density at radius 1 is 1.56 bits per heavy atom. The van der Waals surface area contributed by atoms with Gasteiger partial charge in [-0.25, -0.2) is 0 Å². The third kappa shape index (κ3) is 2.74. The predicted octanol–water partition coefficient (Wildman–Crippen LogP) is 1.80. The van der Waals surface area contributed by atoms with Gasteiger partial charge in [0.2, 0.25) is 0 Å². The van der Waals surface area contributed by atoms with Crippen molar-refractivity contribution in [2.45, 2.75) is 19.4 Å². The Labute approximate surface area is 96.4 Å². The van der Waals surface area contributed by atoms with Gasteiger partial charge in [-0.05, 0) is 31.0 Å². The van der Waals surface area contributed by atoms with Crippen LogP contribution in [0.4, 0.5) is 5.69 Å². The summed E-state index contributed by atoms with van der Waals surface area (Å²) < 4.78 is 5.35. The Hall–Kier alpha value is -1.06. The molecule has 1 fully saturated rings. The number of anilines is 1. The normalized spacial score (nSPS) is 22.0. The second-order valence-corrected chi connectivity index (χ2v) is 4.43. The molecule has 0 amide bonds. The summed E-state index contributed by atoms with van der Waals surface area (Å²) in [6.07, 6.45) is 1.03. The summed E-state index contributed by atoms with van der Waals surface area (Å²) in [5, 5.41) is 12.8. The van der Waals surface area contributed by atoms with Crippen LogP contribution in [0.3, 0.4) is 0 Å². The van der Waals surface area contributed by atoms with Crippen molar-refractivity contribution in [1.82, 2.24) is 0 Å². The number of aliphatic hydroxyl groups is 1. The highest BCUT2D eigenvalue weighted by atomic mass is 16.5. The largest absolute Gasteiger partial charge is 0.394 e. The van der Waals surface area contributed by atoms with E-state index in [0.29, 0.717) is 5.92 Å². The molecule has 16 heavy (non-hydrogen) atoms. The first-order valence-electron chi connectivity index (χ1n) is 5.81. The number of hydrogen-bond donors (Lipinski definition) is 2. The Morgan fingerprint density at radius 3 is 3.06 bits per heavy atom. The number of aliphatic hydroxyl groups excluding tert-OH is 1. The van der Waals surface area contributed by atoms with Gasteiger partial charge in [0.25, 0.3) is 0 Å². The van der Waals surface area contributed by atoms with Gasteiger partial charge in [0.05, 0.1) is 19.3 Å². The SMILES string of the molecule is Cc1cccc(NC(CO)C2CCOC2)c1. The van der Waals surface area contributed by atoms with Gasteiger partial charge >= 0.3 is 0 Å². The maximum absolute atomic E-state index is 9.40. The van der Waals surface area contributed by atoms with E-state index < -0.39 is 0 Å². The summed E-state index contributed by atoms with van der Waals surface area (Å²) in [6.45, 7) is 3.79. The lowest BCUT2D eigenvalue weighted by atomic mass is 9.99. The van der Waals surface area contributed by atoms with E-state index in [0.717, 1.165) is 25.3 Å². The van der Waals surface area contributed by atoms with E-state index in [1.54, 1.807) is 0 Å². The number of nitrogens with one attached hydrogen (secondary N) is 1. The van der Waals surface area contributed by atoms with E-state index in [2.05, 4.69) is 24.4 Å². The number of aryl methyl sites for hydroxylation is 1. The molecule has 0 saturated carbocycles. The zero-order valence-corrected chi connectivity index (χ0v) is 9.65. The summed E-state index contributed by atoms with van der Waals surface area (Å²) in [4.78, 5) is 0. The van der Waals surface area contributed by atoms with E-state index in [4.69, 9.17) is 4.74 Å². The zero-order valence-electron chi connectivity index (χ0n) is 9.65. The fraction of sp³-hybridized carbons (Fsp3) is 0.538. The molecular formula is C13H19NO2. The van der Waals surface area contributed by atoms with Gasteiger partial charge in [-0.1, -0.05) is 12.1 Å². The first-order valence-corrected chi connectivity index (χ1v) is 5.81. The Balaban J connectivity index is 2.00. The lowest BCUT2D eigenvalue weighted by molar-refractivity contribution is 0.170. The molecule has 0 aromatic heterocycles. The molecule has 2 N–H and O–H groups in total. The highest BCUT2D eigenvalue weighted by Crippen LogP contribution is 2.20. The summed E-state index contributed by atoms with van der Waals surface area (Å²) in [5.41, 5.74) is 2.30. The van der Waals surface area contributed by atoms with Crippen LogP contribution >= 0.6 is 0 Å². The Morgan fingerprint density at radius 2 is 2.44 bits per heavy atom. The topological polar surface area (TPSA) is 41.5 Å². The maximum atomic E-state index is 9.40. The highest BCUT2D eigenvalue weighted by Gasteiger charge is 2.24. The summed E-state index contributed by atoms with van der Waals surface area (Å²) in [6, 6.07) is 8.32. The second kappa shape index (κ2) is 5.32. The maximum Gasteiger partial charge on any atom is 0.0636 e. The second-order valence-electron chi connectivity index (χ2n) is 4.43. The molecule has 0 radical (unpaired) electrons. The molecule has 3 heteroatoms. The molecule has 0 spiro atoms. The number of rotatable bonds is 4. The fourth-order valence-corrected chi connectivity index (χ4v) is 2.13. The summed E-state index contributed by atoms with van der Waals surface area (Å²) in [5.74, 6) is 0.422. The molecule has 88 valence electrons. The molecule has 1 aliphatic rings. The van der Waals surface area contributed by atoms with Crippen LogP contribution in [0.15, 0.2) is 24.3 Å². The minimum absolute atomic E-state index is 0.101. The molecule has 2 rings (SSSR count). The minimum atomic E-state index is 0.101. The van der Waals surface area contributed by atoms with Gasteiger partial charge in [0.1, 0.15) is 0 Å². The van der Waals surface area contributed by atoms with E-state index in [1.165, 1.54) is 5.56 Å². The molecule has 1 aliphatic heterocycles. The zero-order chi connectivity index (χ0) is 11.4. The van der Waals surface area contributed by atoms with Crippen LogP contribution in [0.25, 0.3) is 0 Å². The average Bonchev–Trinajstić information content (AvgIpc) is 2.79. The van der Waals surface area contributed by atoms with Crippen LogP contribution in [0.2, 0.25) is 0 Å². The monoisotopic (exact) mass is 221 g/mol. The van der Waals surface area contributed by atoms with Crippen LogP contribution in [-0.2, 0) is 4.74 Å². The molecule has 1 aromatic carbocycles. The van der Waals surface area contributed by atoms with Crippen LogP contribution in [0.5, 0.6) is 0 Å². The molecule has 0 aliphatic carbocycles. The third-order valence-electron chi connectivity index (χ3n) is 3.10. The van der Waals surface area contributed by atoms with Crippen molar-refractivity contribution in [2.75, 3.05) is 25.1 Å². The summed E-state index contributed by atoms with van der Waals surface area (Å²) >= 11 is 0. The molecule has 1 saturated heterocycles. The fourth-order valence-electron chi connectivity index (χ4n) is 2.13. The number of ether oxygens (including phenoxy) is 1. The van der Waals surface area contributed by atoms with Crippen molar-refractivity contribution >= 4 is 5.69 Å². The smallest absolute Gasteiger partial charge is 0.0636 e.